The topological polar surface area (TPSA) is 34.5 Å². The molecule has 2 heterocycles. The molecule has 1 aliphatic rings. The van der Waals surface area contributed by atoms with Crippen LogP contribution in [0, 0.1) is 0 Å². The third-order valence-corrected chi connectivity index (χ3v) is 4.87. The predicted molar refractivity (Wildman–Crippen MR) is 100 cm³/mol. The SMILES string of the molecule is COc1cccc(/C=C/C(=O)N2CCCCC[C@H]2c2cccn2C)c1. The molecule has 132 valence electrons. The number of methoxy groups -OCH3 is 1. The average molecular weight is 338 g/mol. The summed E-state index contributed by atoms with van der Waals surface area (Å²) in [6.07, 6.45) is 10.1. The summed E-state index contributed by atoms with van der Waals surface area (Å²) in [6, 6.07) is 12.1. The molecule has 4 heteroatoms. The van der Waals surface area contributed by atoms with E-state index in [9.17, 15) is 4.79 Å². The minimum Gasteiger partial charge on any atom is -0.497 e. The summed E-state index contributed by atoms with van der Waals surface area (Å²) >= 11 is 0. The summed E-state index contributed by atoms with van der Waals surface area (Å²) in [6.45, 7) is 0.817. The summed E-state index contributed by atoms with van der Waals surface area (Å²) in [7, 11) is 3.70. The van der Waals surface area contributed by atoms with E-state index in [1.807, 2.05) is 35.2 Å². The molecule has 25 heavy (non-hydrogen) atoms. The first-order valence-corrected chi connectivity index (χ1v) is 8.93. The van der Waals surface area contributed by atoms with E-state index in [0.29, 0.717) is 0 Å². The van der Waals surface area contributed by atoms with Gasteiger partial charge in [-0.2, -0.15) is 0 Å². The van der Waals surface area contributed by atoms with Crippen LogP contribution in [0.3, 0.4) is 0 Å². The van der Waals surface area contributed by atoms with E-state index in [1.54, 1.807) is 13.2 Å². The lowest BCUT2D eigenvalue weighted by Crippen LogP contribution is -2.34. The summed E-state index contributed by atoms with van der Waals surface area (Å²) in [4.78, 5) is 14.9. The lowest BCUT2D eigenvalue weighted by atomic mass is 10.1. The van der Waals surface area contributed by atoms with E-state index >= 15 is 0 Å². The molecule has 1 saturated heterocycles. The van der Waals surface area contributed by atoms with Gasteiger partial charge in [0.1, 0.15) is 5.75 Å². The first kappa shape index (κ1) is 17.3. The molecule has 2 aromatic rings. The second-order valence-corrected chi connectivity index (χ2v) is 6.55. The Morgan fingerprint density at radius 3 is 2.84 bits per heavy atom. The maximum atomic E-state index is 12.9. The number of likely N-dealkylation sites (tertiary alicyclic amines) is 1. The van der Waals surface area contributed by atoms with E-state index in [0.717, 1.165) is 30.7 Å². The molecule has 4 nitrogen and oxygen atoms in total. The van der Waals surface area contributed by atoms with E-state index < -0.39 is 0 Å². The Morgan fingerprint density at radius 2 is 2.08 bits per heavy atom. The number of nitrogens with zero attached hydrogens (tertiary/aromatic N) is 2. The number of ether oxygens (including phenoxy) is 1. The normalized spacial score (nSPS) is 18.3. The zero-order valence-electron chi connectivity index (χ0n) is 15.0. The monoisotopic (exact) mass is 338 g/mol. The second-order valence-electron chi connectivity index (χ2n) is 6.55. The van der Waals surface area contributed by atoms with Gasteiger partial charge in [0.05, 0.1) is 13.2 Å². The highest BCUT2D eigenvalue weighted by Crippen LogP contribution is 2.30. The predicted octanol–water partition coefficient (Wildman–Crippen LogP) is 4.19. The van der Waals surface area contributed by atoms with Crippen molar-refractivity contribution < 1.29 is 9.53 Å². The lowest BCUT2D eigenvalue weighted by molar-refractivity contribution is -0.128. The highest BCUT2D eigenvalue weighted by molar-refractivity contribution is 5.92. The zero-order valence-corrected chi connectivity index (χ0v) is 15.0. The molecule has 1 amide bonds. The summed E-state index contributed by atoms with van der Waals surface area (Å²) < 4.78 is 7.37. The molecule has 1 fully saturated rings. The summed E-state index contributed by atoms with van der Waals surface area (Å²) in [5.74, 6) is 0.877. The van der Waals surface area contributed by atoms with Gasteiger partial charge < -0.3 is 14.2 Å². The molecule has 3 rings (SSSR count). The average Bonchev–Trinajstić information content (AvgIpc) is 2.91. The van der Waals surface area contributed by atoms with Gasteiger partial charge in [0, 0.05) is 31.6 Å². The molecule has 1 aromatic carbocycles. The van der Waals surface area contributed by atoms with E-state index in [2.05, 4.69) is 29.9 Å². The van der Waals surface area contributed by atoms with Crippen molar-refractivity contribution in [3.8, 4) is 5.75 Å². The van der Waals surface area contributed by atoms with Crippen LogP contribution in [-0.4, -0.2) is 29.0 Å². The third-order valence-electron chi connectivity index (χ3n) is 4.87. The van der Waals surface area contributed by atoms with Crippen molar-refractivity contribution in [2.45, 2.75) is 31.7 Å². The number of carbonyl (C=O) groups is 1. The molecule has 0 bridgehead atoms. The molecule has 0 radical (unpaired) electrons. The van der Waals surface area contributed by atoms with Crippen molar-refractivity contribution in [2.24, 2.45) is 7.05 Å². The molecule has 1 aliphatic heterocycles. The van der Waals surface area contributed by atoms with Crippen LogP contribution in [0.5, 0.6) is 5.75 Å². The van der Waals surface area contributed by atoms with E-state index in [1.165, 1.54) is 18.5 Å². The first-order chi connectivity index (χ1) is 12.2. The number of aromatic nitrogens is 1. The van der Waals surface area contributed by atoms with Crippen molar-refractivity contribution in [1.82, 2.24) is 9.47 Å². The Bertz CT molecular complexity index is 748. The van der Waals surface area contributed by atoms with Crippen molar-refractivity contribution >= 4 is 12.0 Å². The minimum atomic E-state index is 0.0796. The molecule has 0 saturated carbocycles. The number of aryl methyl sites for hydroxylation is 1. The summed E-state index contributed by atoms with van der Waals surface area (Å²) in [5.41, 5.74) is 2.18. The number of hydrogen-bond donors (Lipinski definition) is 0. The van der Waals surface area contributed by atoms with Crippen molar-refractivity contribution in [1.29, 1.82) is 0 Å². The third kappa shape index (κ3) is 4.13. The quantitative estimate of drug-likeness (QED) is 0.784. The highest BCUT2D eigenvalue weighted by atomic mass is 16.5. The van der Waals surface area contributed by atoms with Gasteiger partial charge in [0.25, 0.3) is 0 Å². The Kier molecular flexibility index (Phi) is 5.59. The van der Waals surface area contributed by atoms with Gasteiger partial charge >= 0.3 is 0 Å². The molecular formula is C21H26N2O2. The Morgan fingerprint density at radius 1 is 1.20 bits per heavy atom. The highest BCUT2D eigenvalue weighted by Gasteiger charge is 2.26. The Balaban J connectivity index is 1.80. The molecule has 0 spiro atoms. The first-order valence-electron chi connectivity index (χ1n) is 8.93. The van der Waals surface area contributed by atoms with Gasteiger partial charge in [-0.25, -0.2) is 0 Å². The van der Waals surface area contributed by atoms with Gasteiger partial charge in [0.15, 0.2) is 0 Å². The molecular weight excluding hydrogens is 312 g/mol. The van der Waals surface area contributed by atoms with Gasteiger partial charge in [0.2, 0.25) is 5.91 Å². The molecule has 0 aliphatic carbocycles. The molecule has 1 atom stereocenters. The van der Waals surface area contributed by atoms with Crippen LogP contribution in [0.1, 0.15) is 43.0 Å². The number of hydrogen-bond acceptors (Lipinski definition) is 2. The number of amides is 1. The van der Waals surface area contributed by atoms with Gasteiger partial charge in [-0.05, 0) is 48.7 Å². The molecule has 0 N–H and O–H groups in total. The maximum absolute atomic E-state index is 12.9. The molecule has 0 unspecified atom stereocenters. The summed E-state index contributed by atoms with van der Waals surface area (Å²) in [5, 5.41) is 0. The fourth-order valence-corrected chi connectivity index (χ4v) is 3.51. The van der Waals surface area contributed by atoms with Crippen molar-refractivity contribution in [2.75, 3.05) is 13.7 Å². The maximum Gasteiger partial charge on any atom is 0.247 e. The van der Waals surface area contributed by atoms with Crippen LogP contribution >= 0.6 is 0 Å². The van der Waals surface area contributed by atoms with Crippen LogP contribution in [0.4, 0.5) is 0 Å². The standard InChI is InChI=1S/C21H26N2O2/c1-22-14-7-11-19(22)20-10-4-3-5-15-23(20)21(24)13-12-17-8-6-9-18(16-17)25-2/h6-9,11-14,16,20H,3-5,10,15H2,1-2H3/b13-12+/t20-/m0/s1. The number of rotatable bonds is 4. The smallest absolute Gasteiger partial charge is 0.247 e. The van der Waals surface area contributed by atoms with Gasteiger partial charge in [-0.1, -0.05) is 25.0 Å². The largest absolute Gasteiger partial charge is 0.497 e. The van der Waals surface area contributed by atoms with Crippen molar-refractivity contribution in [3.05, 3.63) is 59.9 Å². The van der Waals surface area contributed by atoms with Crippen LogP contribution < -0.4 is 4.74 Å². The second kappa shape index (κ2) is 8.06. The van der Waals surface area contributed by atoms with E-state index in [-0.39, 0.29) is 11.9 Å². The fraction of sp³-hybridized carbons (Fsp3) is 0.381. The van der Waals surface area contributed by atoms with Crippen molar-refractivity contribution in [3.63, 3.8) is 0 Å². The van der Waals surface area contributed by atoms with Gasteiger partial charge in [-0.3, -0.25) is 4.79 Å². The number of benzene rings is 1. The Labute approximate surface area is 149 Å². The van der Waals surface area contributed by atoms with Gasteiger partial charge in [-0.15, -0.1) is 0 Å². The van der Waals surface area contributed by atoms with Crippen LogP contribution in [0.2, 0.25) is 0 Å². The molecule has 1 aromatic heterocycles. The lowest BCUT2D eigenvalue weighted by Gasteiger charge is -2.29. The van der Waals surface area contributed by atoms with Crippen LogP contribution in [0.25, 0.3) is 6.08 Å². The van der Waals surface area contributed by atoms with Crippen LogP contribution in [0.15, 0.2) is 48.7 Å². The minimum absolute atomic E-state index is 0.0796. The van der Waals surface area contributed by atoms with Crippen LogP contribution in [-0.2, 0) is 11.8 Å². The zero-order chi connectivity index (χ0) is 17.6. The van der Waals surface area contributed by atoms with E-state index in [4.69, 9.17) is 4.74 Å². The Hall–Kier alpha value is -2.49. The number of carbonyl (C=O) groups excluding carboxylic acids is 1. The fourth-order valence-electron chi connectivity index (χ4n) is 3.51.